The highest BCUT2D eigenvalue weighted by molar-refractivity contribution is 5.76. The molecule has 1 saturated heterocycles. The summed E-state index contributed by atoms with van der Waals surface area (Å²) in [5.74, 6) is 2.30. The Morgan fingerprint density at radius 3 is 2.89 bits per heavy atom. The first-order chi connectivity index (χ1) is 9.11. The van der Waals surface area contributed by atoms with E-state index in [0.717, 1.165) is 31.1 Å². The average molecular weight is 263 g/mol. The minimum atomic E-state index is 0.110. The minimum Gasteiger partial charge on any atom is -0.360 e. The molecule has 1 N–H and O–H groups in total. The topological polar surface area (TPSA) is 61.4 Å². The Kier molecular flexibility index (Phi) is 4.19. The van der Waals surface area contributed by atoms with Crippen LogP contribution in [0.2, 0.25) is 0 Å². The number of hydrogen-bond acceptors (Lipinski definition) is 5. The summed E-state index contributed by atoms with van der Waals surface area (Å²) in [5, 5.41) is 2.68. The maximum atomic E-state index is 11.4. The van der Waals surface area contributed by atoms with Crippen LogP contribution in [0, 0.1) is 5.92 Å². The Labute approximate surface area is 113 Å². The molecule has 2 heterocycles. The molecule has 1 aliphatic rings. The first kappa shape index (κ1) is 13.6. The number of nitrogens with one attached hydrogen (secondary N) is 1. The second kappa shape index (κ2) is 5.86. The highest BCUT2D eigenvalue weighted by atomic mass is 16.1. The van der Waals surface area contributed by atoms with Gasteiger partial charge in [0.2, 0.25) is 5.91 Å². The summed E-state index contributed by atoms with van der Waals surface area (Å²) < 4.78 is 0. The fraction of sp³-hybridized carbons (Fsp3) is 0.615. The molecule has 0 radical (unpaired) electrons. The summed E-state index contributed by atoms with van der Waals surface area (Å²) in [6, 6.07) is 0. The van der Waals surface area contributed by atoms with Crippen molar-refractivity contribution in [2.24, 2.45) is 5.92 Å². The summed E-state index contributed by atoms with van der Waals surface area (Å²) in [7, 11) is 5.61. The van der Waals surface area contributed by atoms with Crippen molar-refractivity contribution in [3.63, 3.8) is 0 Å². The summed E-state index contributed by atoms with van der Waals surface area (Å²) >= 11 is 0. The lowest BCUT2D eigenvalue weighted by Gasteiger charge is -2.22. The van der Waals surface area contributed by atoms with Crippen molar-refractivity contribution in [1.82, 2.24) is 15.3 Å². The van der Waals surface area contributed by atoms with E-state index in [1.807, 2.05) is 19.0 Å². The number of aromatic nitrogens is 2. The lowest BCUT2D eigenvalue weighted by molar-refractivity contribution is -0.121. The van der Waals surface area contributed by atoms with Crippen molar-refractivity contribution in [2.75, 3.05) is 44.0 Å². The van der Waals surface area contributed by atoms with Gasteiger partial charge in [-0.25, -0.2) is 9.97 Å². The van der Waals surface area contributed by atoms with Gasteiger partial charge in [0, 0.05) is 53.0 Å². The van der Waals surface area contributed by atoms with E-state index < -0.39 is 0 Å². The molecule has 1 unspecified atom stereocenters. The zero-order valence-corrected chi connectivity index (χ0v) is 11.8. The number of anilines is 2. The molecule has 1 amide bonds. The Hall–Kier alpha value is -1.85. The Bertz CT molecular complexity index is 448. The third-order valence-electron chi connectivity index (χ3n) is 3.42. The summed E-state index contributed by atoms with van der Waals surface area (Å²) in [6.07, 6.45) is 5.03. The van der Waals surface area contributed by atoms with Gasteiger partial charge in [-0.3, -0.25) is 4.79 Å². The lowest BCUT2D eigenvalue weighted by atomic mass is 10.1. The van der Waals surface area contributed by atoms with Crippen LogP contribution in [-0.2, 0) is 4.79 Å². The van der Waals surface area contributed by atoms with Crippen LogP contribution >= 0.6 is 0 Å². The van der Waals surface area contributed by atoms with Gasteiger partial charge in [-0.1, -0.05) is 0 Å². The molecular weight excluding hydrogens is 242 g/mol. The van der Waals surface area contributed by atoms with Crippen molar-refractivity contribution < 1.29 is 4.79 Å². The molecule has 0 spiro atoms. The van der Waals surface area contributed by atoms with E-state index in [0.29, 0.717) is 12.3 Å². The van der Waals surface area contributed by atoms with Crippen molar-refractivity contribution in [1.29, 1.82) is 0 Å². The van der Waals surface area contributed by atoms with E-state index in [1.165, 1.54) is 0 Å². The van der Waals surface area contributed by atoms with Crippen molar-refractivity contribution in [2.45, 2.75) is 12.8 Å². The van der Waals surface area contributed by atoms with Gasteiger partial charge in [0.1, 0.15) is 0 Å². The quantitative estimate of drug-likeness (QED) is 0.857. The fourth-order valence-corrected chi connectivity index (χ4v) is 2.42. The predicted octanol–water partition coefficient (Wildman–Crippen LogP) is 0.505. The van der Waals surface area contributed by atoms with E-state index >= 15 is 0 Å². The summed E-state index contributed by atoms with van der Waals surface area (Å²) in [6.45, 7) is 1.80. The normalized spacial score (nSPS) is 18.5. The number of amides is 1. The van der Waals surface area contributed by atoms with Gasteiger partial charge in [0.05, 0.1) is 0 Å². The molecule has 104 valence electrons. The van der Waals surface area contributed by atoms with Crippen LogP contribution < -0.4 is 15.1 Å². The van der Waals surface area contributed by atoms with Crippen LogP contribution in [0.15, 0.2) is 12.4 Å². The van der Waals surface area contributed by atoms with Gasteiger partial charge in [-0.05, 0) is 12.3 Å². The Balaban J connectivity index is 2.06. The molecule has 1 atom stereocenters. The maximum absolute atomic E-state index is 11.4. The summed E-state index contributed by atoms with van der Waals surface area (Å²) in [5.41, 5.74) is 0. The van der Waals surface area contributed by atoms with Gasteiger partial charge in [-0.2, -0.15) is 0 Å². The monoisotopic (exact) mass is 263 g/mol. The zero-order valence-electron chi connectivity index (χ0n) is 11.8. The highest BCUT2D eigenvalue weighted by Gasteiger charge is 2.27. The maximum Gasteiger partial charge on any atom is 0.220 e. The van der Waals surface area contributed by atoms with Crippen molar-refractivity contribution in [3.05, 3.63) is 12.4 Å². The third kappa shape index (κ3) is 3.13. The van der Waals surface area contributed by atoms with Gasteiger partial charge in [0.15, 0.2) is 11.6 Å². The molecule has 6 nitrogen and oxygen atoms in total. The van der Waals surface area contributed by atoms with E-state index in [1.54, 1.807) is 19.4 Å². The molecule has 1 aliphatic heterocycles. The largest absolute Gasteiger partial charge is 0.360 e. The molecule has 0 bridgehead atoms. The van der Waals surface area contributed by atoms with Crippen LogP contribution in [0.5, 0.6) is 0 Å². The summed E-state index contributed by atoms with van der Waals surface area (Å²) in [4.78, 5) is 24.4. The highest BCUT2D eigenvalue weighted by Crippen LogP contribution is 2.29. The first-order valence-electron chi connectivity index (χ1n) is 6.55. The minimum absolute atomic E-state index is 0.110. The van der Waals surface area contributed by atoms with Crippen molar-refractivity contribution in [3.8, 4) is 0 Å². The SMILES string of the molecule is CNC(=O)CC1CCN(c2nccnc2N(C)C)C1. The van der Waals surface area contributed by atoms with E-state index in [4.69, 9.17) is 0 Å². The molecule has 0 aliphatic carbocycles. The number of carbonyl (C=O) groups is 1. The molecular formula is C13H21N5O. The van der Waals surface area contributed by atoms with Gasteiger partial charge in [0.25, 0.3) is 0 Å². The number of nitrogens with zero attached hydrogens (tertiary/aromatic N) is 4. The molecule has 19 heavy (non-hydrogen) atoms. The van der Waals surface area contributed by atoms with Gasteiger partial charge < -0.3 is 15.1 Å². The van der Waals surface area contributed by atoms with E-state index in [9.17, 15) is 4.79 Å². The zero-order chi connectivity index (χ0) is 13.8. The van der Waals surface area contributed by atoms with E-state index in [2.05, 4.69) is 20.2 Å². The second-order valence-electron chi connectivity index (χ2n) is 5.08. The smallest absolute Gasteiger partial charge is 0.220 e. The van der Waals surface area contributed by atoms with Crippen LogP contribution in [0.3, 0.4) is 0 Å². The molecule has 1 aromatic heterocycles. The Morgan fingerprint density at radius 1 is 1.47 bits per heavy atom. The van der Waals surface area contributed by atoms with Crippen LogP contribution in [0.1, 0.15) is 12.8 Å². The average Bonchev–Trinajstić information content (AvgIpc) is 2.86. The lowest BCUT2D eigenvalue weighted by Crippen LogP contribution is -2.26. The van der Waals surface area contributed by atoms with E-state index in [-0.39, 0.29) is 5.91 Å². The van der Waals surface area contributed by atoms with Crippen LogP contribution in [0.4, 0.5) is 11.6 Å². The number of hydrogen-bond donors (Lipinski definition) is 1. The first-order valence-corrected chi connectivity index (χ1v) is 6.55. The van der Waals surface area contributed by atoms with Crippen LogP contribution in [0.25, 0.3) is 0 Å². The second-order valence-corrected chi connectivity index (χ2v) is 5.08. The molecule has 0 aromatic carbocycles. The Morgan fingerprint density at radius 2 is 2.21 bits per heavy atom. The van der Waals surface area contributed by atoms with Gasteiger partial charge >= 0.3 is 0 Å². The third-order valence-corrected chi connectivity index (χ3v) is 3.42. The number of rotatable bonds is 4. The van der Waals surface area contributed by atoms with Gasteiger partial charge in [-0.15, -0.1) is 0 Å². The molecule has 0 saturated carbocycles. The van der Waals surface area contributed by atoms with Crippen molar-refractivity contribution >= 4 is 17.5 Å². The molecule has 1 fully saturated rings. The van der Waals surface area contributed by atoms with Crippen LogP contribution in [-0.4, -0.2) is 50.1 Å². The molecule has 1 aromatic rings. The molecule has 6 heteroatoms. The standard InChI is InChI=1S/C13H21N5O/c1-14-11(19)8-10-4-7-18(9-10)13-12(17(2)3)15-5-6-16-13/h5-6,10H,4,7-9H2,1-3H3,(H,14,19). The predicted molar refractivity (Wildman–Crippen MR) is 75.4 cm³/mol. The molecule has 2 rings (SSSR count). The number of carbonyl (C=O) groups excluding carboxylic acids is 1. The fourth-order valence-electron chi connectivity index (χ4n) is 2.42.